The van der Waals surface area contributed by atoms with E-state index in [9.17, 15) is 9.59 Å². The smallest absolute Gasteiger partial charge is 0.242 e. The van der Waals surface area contributed by atoms with Crippen LogP contribution < -0.4 is 5.32 Å². The zero-order chi connectivity index (χ0) is 20.0. The summed E-state index contributed by atoms with van der Waals surface area (Å²) in [7, 11) is 0. The van der Waals surface area contributed by atoms with Gasteiger partial charge in [0, 0.05) is 12.6 Å². The number of nitrogens with one attached hydrogen (secondary N) is 1. The third-order valence-corrected chi connectivity index (χ3v) is 4.51. The minimum Gasteiger partial charge on any atom is -0.352 e. The van der Waals surface area contributed by atoms with Gasteiger partial charge in [0.1, 0.15) is 6.04 Å². The summed E-state index contributed by atoms with van der Waals surface area (Å²) >= 11 is 0. The van der Waals surface area contributed by atoms with Gasteiger partial charge in [-0.2, -0.15) is 0 Å². The second-order valence-corrected chi connectivity index (χ2v) is 7.51. The lowest BCUT2D eigenvalue weighted by molar-refractivity contribution is -0.140. The lowest BCUT2D eigenvalue weighted by Crippen LogP contribution is -2.49. The van der Waals surface area contributed by atoms with E-state index in [1.807, 2.05) is 70.2 Å². The molecule has 2 aromatic rings. The van der Waals surface area contributed by atoms with Crippen LogP contribution in [0.1, 0.15) is 43.0 Å². The van der Waals surface area contributed by atoms with Crippen LogP contribution in [0, 0.1) is 13.8 Å². The molecular formula is C23H30N2O2. The Morgan fingerprint density at radius 3 is 2.19 bits per heavy atom. The summed E-state index contributed by atoms with van der Waals surface area (Å²) < 4.78 is 0. The van der Waals surface area contributed by atoms with Crippen LogP contribution in [0.2, 0.25) is 0 Å². The van der Waals surface area contributed by atoms with Gasteiger partial charge in [0.2, 0.25) is 11.8 Å². The van der Waals surface area contributed by atoms with Gasteiger partial charge in [0.15, 0.2) is 0 Å². The van der Waals surface area contributed by atoms with Gasteiger partial charge in [-0.05, 0) is 45.7 Å². The summed E-state index contributed by atoms with van der Waals surface area (Å²) in [6.45, 7) is 10.1. The molecule has 1 N–H and O–H groups in total. The monoisotopic (exact) mass is 366 g/mol. The van der Waals surface area contributed by atoms with Crippen LogP contribution in [-0.4, -0.2) is 28.8 Å². The maximum atomic E-state index is 13.1. The number of rotatable bonds is 7. The molecular weight excluding hydrogens is 336 g/mol. The first-order valence-corrected chi connectivity index (χ1v) is 9.47. The van der Waals surface area contributed by atoms with Gasteiger partial charge >= 0.3 is 0 Å². The number of aryl methyl sites for hydroxylation is 2. The maximum absolute atomic E-state index is 13.1. The van der Waals surface area contributed by atoms with E-state index in [4.69, 9.17) is 0 Å². The van der Waals surface area contributed by atoms with Crippen LogP contribution in [0.3, 0.4) is 0 Å². The Labute approximate surface area is 162 Å². The molecule has 2 aromatic carbocycles. The van der Waals surface area contributed by atoms with Crippen LogP contribution in [-0.2, 0) is 22.6 Å². The summed E-state index contributed by atoms with van der Waals surface area (Å²) in [4.78, 5) is 27.3. The van der Waals surface area contributed by atoms with E-state index in [0.29, 0.717) is 6.54 Å². The molecule has 2 amide bonds. The van der Waals surface area contributed by atoms with Gasteiger partial charge < -0.3 is 10.2 Å². The molecule has 0 radical (unpaired) electrons. The summed E-state index contributed by atoms with van der Waals surface area (Å²) in [5.74, 6) is -0.179. The van der Waals surface area contributed by atoms with E-state index in [-0.39, 0.29) is 24.3 Å². The number of carbonyl (C=O) groups excluding carboxylic acids is 2. The number of amides is 2. The van der Waals surface area contributed by atoms with Crippen molar-refractivity contribution < 1.29 is 9.59 Å². The van der Waals surface area contributed by atoms with Gasteiger partial charge in [-0.1, -0.05) is 59.7 Å². The SMILES string of the molecule is Cc1ccc(CC(=O)N(Cc2cccc(C)c2)C(C)C(=O)NC(C)C)cc1. The van der Waals surface area contributed by atoms with Gasteiger partial charge in [0.05, 0.1) is 6.42 Å². The summed E-state index contributed by atoms with van der Waals surface area (Å²) in [6.07, 6.45) is 0.283. The number of hydrogen-bond donors (Lipinski definition) is 1. The minimum atomic E-state index is -0.536. The fourth-order valence-electron chi connectivity index (χ4n) is 2.98. The predicted octanol–water partition coefficient (Wildman–Crippen LogP) is 3.79. The molecule has 1 atom stereocenters. The van der Waals surface area contributed by atoms with Gasteiger partial charge in [-0.15, -0.1) is 0 Å². The largest absolute Gasteiger partial charge is 0.352 e. The predicted molar refractivity (Wildman–Crippen MR) is 109 cm³/mol. The van der Waals surface area contributed by atoms with E-state index in [1.54, 1.807) is 11.8 Å². The zero-order valence-electron chi connectivity index (χ0n) is 17.0. The van der Waals surface area contributed by atoms with Gasteiger partial charge in [0.25, 0.3) is 0 Å². The van der Waals surface area contributed by atoms with Crippen molar-refractivity contribution in [2.75, 3.05) is 0 Å². The zero-order valence-corrected chi connectivity index (χ0v) is 17.0. The molecule has 0 fully saturated rings. The van der Waals surface area contributed by atoms with Crippen molar-refractivity contribution >= 4 is 11.8 Å². The Balaban J connectivity index is 2.22. The van der Waals surface area contributed by atoms with Crippen LogP contribution in [0.15, 0.2) is 48.5 Å². The second kappa shape index (κ2) is 9.36. The van der Waals surface area contributed by atoms with Crippen LogP contribution >= 0.6 is 0 Å². The standard InChI is InChI=1S/C23H30N2O2/c1-16(2)24-23(27)19(5)25(15-21-8-6-7-18(4)13-21)22(26)14-20-11-9-17(3)10-12-20/h6-13,16,19H,14-15H2,1-5H3,(H,24,27). The molecule has 0 spiro atoms. The highest BCUT2D eigenvalue weighted by atomic mass is 16.2. The normalized spacial score (nSPS) is 11.9. The average molecular weight is 367 g/mol. The molecule has 144 valence electrons. The Kier molecular flexibility index (Phi) is 7.17. The quantitative estimate of drug-likeness (QED) is 0.810. The minimum absolute atomic E-state index is 0.0352. The molecule has 4 heteroatoms. The molecule has 2 rings (SSSR count). The Bertz CT molecular complexity index is 781. The van der Waals surface area contributed by atoms with Crippen molar-refractivity contribution in [3.8, 4) is 0 Å². The highest BCUT2D eigenvalue weighted by molar-refractivity contribution is 5.88. The first kappa shape index (κ1) is 20.7. The van der Waals surface area contributed by atoms with Crippen molar-refractivity contribution in [2.45, 2.75) is 59.7 Å². The fourth-order valence-corrected chi connectivity index (χ4v) is 2.98. The van der Waals surface area contributed by atoms with E-state index in [1.165, 1.54) is 0 Å². The van der Waals surface area contributed by atoms with Crippen molar-refractivity contribution in [1.82, 2.24) is 10.2 Å². The number of nitrogens with zero attached hydrogens (tertiary/aromatic N) is 1. The summed E-state index contributed by atoms with van der Waals surface area (Å²) in [5, 5.41) is 2.91. The van der Waals surface area contributed by atoms with E-state index >= 15 is 0 Å². The van der Waals surface area contributed by atoms with Gasteiger partial charge in [-0.25, -0.2) is 0 Å². The third kappa shape index (κ3) is 6.24. The number of carbonyl (C=O) groups is 2. The van der Waals surface area contributed by atoms with Crippen molar-refractivity contribution in [3.63, 3.8) is 0 Å². The molecule has 4 nitrogen and oxygen atoms in total. The van der Waals surface area contributed by atoms with Crippen LogP contribution in [0.4, 0.5) is 0 Å². The van der Waals surface area contributed by atoms with E-state index in [0.717, 1.165) is 22.3 Å². The Morgan fingerprint density at radius 1 is 0.926 bits per heavy atom. The van der Waals surface area contributed by atoms with E-state index in [2.05, 4.69) is 11.4 Å². The van der Waals surface area contributed by atoms with Crippen LogP contribution in [0.25, 0.3) is 0 Å². The maximum Gasteiger partial charge on any atom is 0.242 e. The Morgan fingerprint density at radius 2 is 1.59 bits per heavy atom. The second-order valence-electron chi connectivity index (χ2n) is 7.51. The molecule has 0 aromatic heterocycles. The highest BCUT2D eigenvalue weighted by Crippen LogP contribution is 2.14. The lowest BCUT2D eigenvalue weighted by atomic mass is 10.1. The molecule has 0 aliphatic carbocycles. The van der Waals surface area contributed by atoms with Gasteiger partial charge in [-0.3, -0.25) is 9.59 Å². The Hall–Kier alpha value is -2.62. The summed E-state index contributed by atoms with van der Waals surface area (Å²) in [6, 6.07) is 15.5. The highest BCUT2D eigenvalue weighted by Gasteiger charge is 2.26. The van der Waals surface area contributed by atoms with Crippen molar-refractivity contribution in [3.05, 3.63) is 70.8 Å². The number of benzene rings is 2. The molecule has 27 heavy (non-hydrogen) atoms. The fraction of sp³-hybridized carbons (Fsp3) is 0.391. The number of hydrogen-bond acceptors (Lipinski definition) is 2. The topological polar surface area (TPSA) is 49.4 Å². The molecule has 0 bridgehead atoms. The van der Waals surface area contributed by atoms with Crippen molar-refractivity contribution in [2.24, 2.45) is 0 Å². The first-order valence-electron chi connectivity index (χ1n) is 9.47. The van der Waals surface area contributed by atoms with E-state index < -0.39 is 6.04 Å². The molecule has 0 aliphatic heterocycles. The summed E-state index contributed by atoms with van der Waals surface area (Å²) in [5.41, 5.74) is 4.28. The van der Waals surface area contributed by atoms with Crippen molar-refractivity contribution in [1.29, 1.82) is 0 Å². The average Bonchev–Trinajstić information content (AvgIpc) is 2.60. The molecule has 0 heterocycles. The third-order valence-electron chi connectivity index (χ3n) is 4.51. The molecule has 0 saturated carbocycles. The first-order chi connectivity index (χ1) is 12.8. The lowest BCUT2D eigenvalue weighted by Gasteiger charge is -2.29. The molecule has 0 aliphatic rings. The molecule has 0 saturated heterocycles. The molecule has 1 unspecified atom stereocenters. The van der Waals surface area contributed by atoms with Crippen LogP contribution in [0.5, 0.6) is 0 Å².